The number of ether oxygens (including phenoxy) is 1. The van der Waals surface area contributed by atoms with Crippen LogP contribution in [0.15, 0.2) is 48.5 Å². The van der Waals surface area contributed by atoms with Crippen molar-refractivity contribution in [3.63, 3.8) is 0 Å². The van der Waals surface area contributed by atoms with Gasteiger partial charge in [0.05, 0.1) is 19.3 Å². The molecule has 2 aromatic rings. The summed E-state index contributed by atoms with van der Waals surface area (Å²) in [6.07, 6.45) is -0.618. The smallest absolute Gasteiger partial charge is 0.220 e. The summed E-state index contributed by atoms with van der Waals surface area (Å²) in [7, 11) is 1.60. The highest BCUT2D eigenvalue weighted by molar-refractivity contribution is 5.77. The van der Waals surface area contributed by atoms with E-state index in [1.807, 2.05) is 31.2 Å². The van der Waals surface area contributed by atoms with Crippen LogP contribution in [0.25, 0.3) is 0 Å². The van der Waals surface area contributed by atoms with Crippen LogP contribution in [-0.2, 0) is 4.79 Å². The van der Waals surface area contributed by atoms with Gasteiger partial charge in [-0.3, -0.25) is 4.79 Å². The number of aliphatic hydroxyl groups excluding tert-OH is 1. The number of rotatable bonds is 7. The molecule has 0 spiro atoms. The Morgan fingerprint density at radius 2 is 1.80 bits per heavy atom. The number of hydrogen-bond donors (Lipinski definition) is 2. The van der Waals surface area contributed by atoms with Gasteiger partial charge in [0.15, 0.2) is 0 Å². The van der Waals surface area contributed by atoms with E-state index in [4.69, 9.17) is 4.74 Å². The molecule has 0 aliphatic carbocycles. The first-order valence-electron chi connectivity index (χ1n) is 8.28. The van der Waals surface area contributed by atoms with Crippen LogP contribution in [0.1, 0.15) is 43.4 Å². The molecule has 0 radical (unpaired) electrons. The molecule has 1 amide bonds. The molecule has 0 saturated carbocycles. The van der Waals surface area contributed by atoms with E-state index in [2.05, 4.69) is 5.32 Å². The molecule has 25 heavy (non-hydrogen) atoms. The highest BCUT2D eigenvalue weighted by Crippen LogP contribution is 2.28. The van der Waals surface area contributed by atoms with E-state index in [1.54, 1.807) is 14.0 Å². The number of amides is 1. The first-order chi connectivity index (χ1) is 11.9. The molecular weight excluding hydrogens is 321 g/mol. The van der Waals surface area contributed by atoms with Crippen LogP contribution in [0.5, 0.6) is 5.75 Å². The Morgan fingerprint density at radius 3 is 2.44 bits per heavy atom. The molecule has 4 nitrogen and oxygen atoms in total. The third kappa shape index (κ3) is 5.03. The molecule has 134 valence electrons. The molecular formula is C20H24FNO3. The molecule has 3 atom stereocenters. The maximum absolute atomic E-state index is 13.0. The molecule has 2 N–H and O–H groups in total. The summed E-state index contributed by atoms with van der Waals surface area (Å²) in [6.45, 7) is 3.68. The van der Waals surface area contributed by atoms with Crippen molar-refractivity contribution in [3.8, 4) is 5.75 Å². The zero-order valence-electron chi connectivity index (χ0n) is 14.7. The Kier molecular flexibility index (Phi) is 6.53. The zero-order chi connectivity index (χ0) is 18.4. The third-order valence-electron chi connectivity index (χ3n) is 4.24. The van der Waals surface area contributed by atoms with Crippen LogP contribution in [0, 0.1) is 5.82 Å². The summed E-state index contributed by atoms with van der Waals surface area (Å²) in [5, 5.41) is 13.1. The van der Waals surface area contributed by atoms with Crippen molar-refractivity contribution in [2.75, 3.05) is 7.11 Å². The van der Waals surface area contributed by atoms with E-state index in [-0.39, 0.29) is 24.1 Å². The van der Waals surface area contributed by atoms with Crippen LogP contribution in [0.4, 0.5) is 4.39 Å². The molecule has 0 bridgehead atoms. The number of aliphatic hydroxyl groups is 1. The van der Waals surface area contributed by atoms with E-state index in [1.165, 1.54) is 24.3 Å². The van der Waals surface area contributed by atoms with Gasteiger partial charge in [-0.05, 0) is 42.2 Å². The zero-order valence-corrected chi connectivity index (χ0v) is 14.7. The minimum atomic E-state index is -0.897. The molecule has 0 aliphatic rings. The number of carbonyl (C=O) groups is 1. The maximum atomic E-state index is 13.0. The number of halogens is 1. The summed E-state index contributed by atoms with van der Waals surface area (Å²) >= 11 is 0. The van der Waals surface area contributed by atoms with Gasteiger partial charge in [-0.25, -0.2) is 4.39 Å². The van der Waals surface area contributed by atoms with Crippen LogP contribution in [0.3, 0.4) is 0 Å². The lowest BCUT2D eigenvalue weighted by Gasteiger charge is -2.22. The Balaban J connectivity index is 1.95. The topological polar surface area (TPSA) is 58.6 Å². The number of nitrogens with one attached hydrogen (secondary N) is 1. The van der Waals surface area contributed by atoms with E-state index in [0.29, 0.717) is 5.56 Å². The van der Waals surface area contributed by atoms with Crippen LogP contribution >= 0.6 is 0 Å². The van der Waals surface area contributed by atoms with Crippen LogP contribution in [-0.4, -0.2) is 24.2 Å². The van der Waals surface area contributed by atoms with Gasteiger partial charge in [0.25, 0.3) is 0 Å². The number of para-hydroxylation sites is 1. The van der Waals surface area contributed by atoms with Gasteiger partial charge in [-0.1, -0.05) is 37.3 Å². The van der Waals surface area contributed by atoms with Gasteiger partial charge < -0.3 is 15.2 Å². The second-order valence-electron chi connectivity index (χ2n) is 6.20. The Bertz CT molecular complexity index is 702. The van der Waals surface area contributed by atoms with Crippen molar-refractivity contribution >= 4 is 5.91 Å². The molecule has 2 rings (SSSR count). The van der Waals surface area contributed by atoms with Crippen molar-refractivity contribution in [1.29, 1.82) is 0 Å². The Morgan fingerprint density at radius 1 is 1.16 bits per heavy atom. The number of hydrogen-bond acceptors (Lipinski definition) is 3. The fourth-order valence-electron chi connectivity index (χ4n) is 2.80. The number of benzene rings is 2. The first kappa shape index (κ1) is 18.9. The SMILES string of the molecule is COc1ccccc1C(C)CC(=O)NC(C)C(O)c1ccc(F)cc1. The summed E-state index contributed by atoms with van der Waals surface area (Å²) in [4.78, 5) is 12.3. The summed E-state index contributed by atoms with van der Waals surface area (Å²) in [5.74, 6) is 0.207. The van der Waals surface area contributed by atoms with Crippen molar-refractivity contribution in [2.45, 2.75) is 38.3 Å². The van der Waals surface area contributed by atoms with Crippen molar-refractivity contribution in [3.05, 3.63) is 65.5 Å². The van der Waals surface area contributed by atoms with Gasteiger partial charge in [0.2, 0.25) is 5.91 Å². The van der Waals surface area contributed by atoms with Crippen LogP contribution in [0.2, 0.25) is 0 Å². The summed E-state index contributed by atoms with van der Waals surface area (Å²) < 4.78 is 18.3. The van der Waals surface area contributed by atoms with E-state index >= 15 is 0 Å². The highest BCUT2D eigenvalue weighted by atomic mass is 19.1. The largest absolute Gasteiger partial charge is 0.496 e. The van der Waals surface area contributed by atoms with E-state index in [0.717, 1.165) is 11.3 Å². The molecule has 0 aromatic heterocycles. The van der Waals surface area contributed by atoms with Crippen LogP contribution < -0.4 is 10.1 Å². The Labute approximate surface area is 147 Å². The second-order valence-corrected chi connectivity index (χ2v) is 6.20. The van der Waals surface area contributed by atoms with Gasteiger partial charge >= 0.3 is 0 Å². The minimum Gasteiger partial charge on any atom is -0.496 e. The molecule has 0 heterocycles. The highest BCUT2D eigenvalue weighted by Gasteiger charge is 2.21. The monoisotopic (exact) mass is 345 g/mol. The van der Waals surface area contributed by atoms with Gasteiger partial charge in [-0.15, -0.1) is 0 Å². The molecule has 5 heteroatoms. The molecule has 3 unspecified atom stereocenters. The second kappa shape index (κ2) is 8.62. The van der Waals surface area contributed by atoms with Gasteiger partial charge in [0.1, 0.15) is 11.6 Å². The predicted molar refractivity (Wildman–Crippen MR) is 95.0 cm³/mol. The molecule has 2 aromatic carbocycles. The molecule has 0 aliphatic heterocycles. The maximum Gasteiger partial charge on any atom is 0.220 e. The van der Waals surface area contributed by atoms with Crippen molar-refractivity contribution in [1.82, 2.24) is 5.32 Å². The number of methoxy groups -OCH3 is 1. The van der Waals surface area contributed by atoms with Crippen molar-refractivity contribution < 1.29 is 19.0 Å². The van der Waals surface area contributed by atoms with E-state index in [9.17, 15) is 14.3 Å². The average molecular weight is 345 g/mol. The average Bonchev–Trinajstić information content (AvgIpc) is 2.61. The lowest BCUT2D eigenvalue weighted by Crippen LogP contribution is -2.37. The summed E-state index contributed by atoms with van der Waals surface area (Å²) in [6, 6.07) is 12.7. The van der Waals surface area contributed by atoms with Crippen molar-refractivity contribution in [2.24, 2.45) is 0 Å². The summed E-state index contributed by atoms with van der Waals surface area (Å²) in [5.41, 5.74) is 1.53. The fraction of sp³-hybridized carbons (Fsp3) is 0.350. The first-order valence-corrected chi connectivity index (χ1v) is 8.28. The quantitative estimate of drug-likeness (QED) is 0.807. The third-order valence-corrected chi connectivity index (χ3v) is 4.24. The molecule has 0 fully saturated rings. The predicted octanol–water partition coefficient (Wildman–Crippen LogP) is 3.57. The normalized spacial score (nSPS) is 14.4. The fourth-order valence-corrected chi connectivity index (χ4v) is 2.80. The van der Waals surface area contributed by atoms with Gasteiger partial charge in [0, 0.05) is 6.42 Å². The lowest BCUT2D eigenvalue weighted by molar-refractivity contribution is -0.122. The number of carbonyl (C=O) groups excluding carboxylic acids is 1. The molecule has 0 saturated heterocycles. The lowest BCUT2D eigenvalue weighted by atomic mass is 9.96. The van der Waals surface area contributed by atoms with E-state index < -0.39 is 12.1 Å². The minimum absolute atomic E-state index is 0.0219. The van der Waals surface area contributed by atoms with Gasteiger partial charge in [-0.2, -0.15) is 0 Å². The Hall–Kier alpha value is -2.40. The standard InChI is InChI=1S/C20H24FNO3/c1-13(17-6-4-5-7-18(17)25-3)12-19(23)22-14(2)20(24)15-8-10-16(21)11-9-15/h4-11,13-14,20,24H,12H2,1-3H3,(H,22,23).